The second-order valence-corrected chi connectivity index (χ2v) is 32.9. The Morgan fingerprint density at radius 3 is 1.52 bits per heavy atom. The molecule has 0 saturated carbocycles. The van der Waals surface area contributed by atoms with Crippen LogP contribution >= 0.6 is 80.4 Å². The van der Waals surface area contributed by atoms with Gasteiger partial charge in [-0.1, -0.05) is 64.6 Å². The molecule has 6 aliphatic heterocycles. The number of rotatable bonds is 16. The van der Waals surface area contributed by atoms with Crippen molar-refractivity contribution in [2.24, 2.45) is 0 Å². The van der Waals surface area contributed by atoms with E-state index in [4.69, 9.17) is 51.1 Å². The number of imide groups is 1. The van der Waals surface area contributed by atoms with Crippen LogP contribution in [0, 0.1) is 0 Å². The SMILES string of the molecule is O=C1C[C@H](N2CCCc3ccccc32)C(=O)N1c1ccc(S(=O)(=O)Nc2nccs2)cc1.O=C1[C@@H](N2CCOCC2c2cc(Cl)cc(Cl)c2)CCN1c1ccc(S(=O)(=O)Nc2nccs2)cc1.O=C1[C@@H](N2CCc3cc(Cl)c(Cl)cc32)CCN1c1ccc(S(=O)(=O)Nc2nccs2)cc1.[HH].[HH].[HH].[HH].[HH].[HH]. The standard InChI is InChI=1S/C23H22Cl2N4O4S2.C22H20N4O4S2.C21H18Cl2N4O3S2.6H2/c24-16-11-15(12-17(25)13-16)21-14-33-9-8-29(21)20-5-7-28(22(20)30)18-1-3-19(4-2-18)35(31,32)27-23-26-6-10-34-23;27-20-14-19(25-12-3-5-15-4-1-2-6-18(15)25)21(28)26(20)16-7-9-17(10-8-16)32(29,30)24-22-23-11-13-31-22;22-16-11-13-5-8-27(19(13)12-17(16)23)18-6-9-26(20(18)28)14-1-3-15(4-2-14)32(29,30)25-21-24-7-10-31-21;;;;;;/h1-4,6,10-13,20-21H,5,7-9,14H2,(H,26,27);1-2,4,6-11,13,19H,3,5,12,14H2,(H,23,24);1-4,7,10-12,18H,5-6,8-9H2,(H,24,25);6*1H/t20-,21?;19-;18-;;;;;;/m000....../s1. The largest absolute Gasteiger partial charge is 0.378 e. The summed E-state index contributed by atoms with van der Waals surface area (Å²) in [4.78, 5) is 75.6. The third-order valence-electron chi connectivity index (χ3n) is 17.6. The van der Waals surface area contributed by atoms with Crippen LogP contribution in [0.5, 0.6) is 0 Å². The number of aryl methyl sites for hydroxylation is 1. The number of carbonyl (C=O) groups is 4. The highest BCUT2D eigenvalue weighted by Gasteiger charge is 2.45. The Hall–Kier alpha value is -7.78. The van der Waals surface area contributed by atoms with E-state index in [1.54, 1.807) is 56.3 Å². The molecule has 33 heteroatoms. The van der Waals surface area contributed by atoms with Crippen LogP contribution in [0.25, 0.3) is 0 Å². The lowest BCUT2D eigenvalue weighted by molar-refractivity contribution is -0.125. The van der Waals surface area contributed by atoms with E-state index < -0.39 is 36.1 Å². The number of benzene rings is 6. The molecular weight excluding hydrogens is 1470 g/mol. The van der Waals surface area contributed by atoms with Crippen molar-refractivity contribution in [3.8, 4) is 0 Å². The molecule has 0 bridgehead atoms. The summed E-state index contributed by atoms with van der Waals surface area (Å²) in [6, 6.07) is 34.1. The number of sulfonamides is 3. The Morgan fingerprint density at radius 1 is 0.485 bits per heavy atom. The first kappa shape index (κ1) is 69.7. The van der Waals surface area contributed by atoms with Gasteiger partial charge in [0.1, 0.15) is 12.1 Å². The molecule has 9 aromatic rings. The zero-order valence-electron chi connectivity index (χ0n) is 52.1. The molecule has 1 unspecified atom stereocenters. The number of anilines is 8. The molecule has 23 nitrogen and oxygen atoms in total. The third kappa shape index (κ3) is 15.2. The maximum atomic E-state index is 13.5. The topological polar surface area (TPSA) is 274 Å². The molecule has 0 radical (unpaired) electrons. The van der Waals surface area contributed by atoms with E-state index in [1.165, 1.54) is 107 Å². The van der Waals surface area contributed by atoms with Gasteiger partial charge in [0, 0.05) is 109 Å². The fraction of sp³-hybridized carbons (Fsp3) is 0.258. The van der Waals surface area contributed by atoms with Gasteiger partial charge in [-0.15, -0.1) is 34.0 Å². The number of hydrogen-bond donors (Lipinski definition) is 3. The quantitative estimate of drug-likeness (QED) is 0.0758. The number of aromatic nitrogens is 3. The van der Waals surface area contributed by atoms with Crippen LogP contribution in [-0.2, 0) is 66.8 Å². The highest BCUT2D eigenvalue weighted by molar-refractivity contribution is 7.93. The van der Waals surface area contributed by atoms with Crippen molar-refractivity contribution in [1.82, 2.24) is 19.9 Å². The van der Waals surface area contributed by atoms with Crippen molar-refractivity contribution in [1.29, 1.82) is 0 Å². The number of morpholine rings is 1. The van der Waals surface area contributed by atoms with E-state index in [1.807, 2.05) is 47.4 Å². The smallest absolute Gasteiger partial charge is 0.263 e. The molecule has 4 amide bonds. The number of halogens is 4. The van der Waals surface area contributed by atoms with Crippen molar-refractivity contribution in [2.45, 2.75) is 77.4 Å². The molecule has 4 atom stereocenters. The predicted octanol–water partition coefficient (Wildman–Crippen LogP) is 13.4. The highest BCUT2D eigenvalue weighted by atomic mass is 35.5. The molecule has 99 heavy (non-hydrogen) atoms. The second-order valence-electron chi connectivity index (χ2n) is 23.5. The van der Waals surface area contributed by atoms with E-state index in [9.17, 15) is 44.4 Å². The molecule has 0 aliphatic carbocycles. The van der Waals surface area contributed by atoms with E-state index in [2.05, 4.69) is 45.0 Å². The lowest BCUT2D eigenvalue weighted by Gasteiger charge is -2.39. The first-order chi connectivity index (χ1) is 47.6. The van der Waals surface area contributed by atoms with Gasteiger partial charge in [0.25, 0.3) is 36.0 Å². The lowest BCUT2D eigenvalue weighted by Crippen LogP contribution is -2.49. The molecule has 526 valence electrons. The van der Waals surface area contributed by atoms with Crippen molar-refractivity contribution in [2.75, 3.05) is 84.6 Å². The summed E-state index contributed by atoms with van der Waals surface area (Å²) in [6.07, 6.45) is 8.67. The van der Waals surface area contributed by atoms with Crippen LogP contribution in [0.3, 0.4) is 0 Å². The first-order valence-corrected chi connectivity index (χ1v) is 39.6. The Morgan fingerprint density at radius 2 is 0.980 bits per heavy atom. The number of hydrogen-bond acceptors (Lipinski definition) is 20. The van der Waals surface area contributed by atoms with Crippen LogP contribution in [0.4, 0.5) is 43.8 Å². The van der Waals surface area contributed by atoms with Crippen LogP contribution in [0.15, 0.2) is 177 Å². The molecule has 0 spiro atoms. The van der Waals surface area contributed by atoms with Crippen LogP contribution in [0.1, 0.15) is 57.0 Å². The molecule has 4 saturated heterocycles. The number of nitrogens with one attached hydrogen (secondary N) is 3. The average molecular weight is 1540 g/mol. The van der Waals surface area contributed by atoms with Gasteiger partial charge in [-0.25, -0.2) is 45.1 Å². The summed E-state index contributed by atoms with van der Waals surface area (Å²) in [7, 11) is -11.3. The number of amides is 4. The van der Waals surface area contributed by atoms with Crippen molar-refractivity contribution in [3.63, 3.8) is 0 Å². The number of carbonyl (C=O) groups excluding carboxylic acids is 4. The van der Waals surface area contributed by atoms with E-state index >= 15 is 0 Å². The lowest BCUT2D eigenvalue weighted by atomic mass is 9.99. The normalized spacial score (nSPS) is 19.5. The fourth-order valence-electron chi connectivity index (χ4n) is 13.0. The Balaban J connectivity index is 0.000000214. The van der Waals surface area contributed by atoms with E-state index in [0.29, 0.717) is 99.7 Å². The number of ether oxygens (including phenoxy) is 1. The van der Waals surface area contributed by atoms with Gasteiger partial charge in [0.2, 0.25) is 17.7 Å². The van der Waals surface area contributed by atoms with Crippen molar-refractivity contribution in [3.05, 3.63) is 199 Å². The zero-order chi connectivity index (χ0) is 69.3. The minimum atomic E-state index is -3.81. The summed E-state index contributed by atoms with van der Waals surface area (Å²) in [6.45, 7) is 4.13. The number of nitrogens with zero attached hydrogens (tertiary/aromatic N) is 9. The van der Waals surface area contributed by atoms with Crippen LogP contribution < -0.4 is 38.7 Å². The van der Waals surface area contributed by atoms with Gasteiger partial charge in [-0.3, -0.25) is 38.2 Å². The molecule has 15 rings (SSSR count). The van der Waals surface area contributed by atoms with Gasteiger partial charge in [0.05, 0.1) is 62.1 Å². The van der Waals surface area contributed by atoms with Gasteiger partial charge < -0.3 is 24.3 Å². The minimum absolute atomic E-state index is 0. The van der Waals surface area contributed by atoms with Gasteiger partial charge in [-0.05, 0) is 158 Å². The van der Waals surface area contributed by atoms with E-state index in [-0.39, 0.29) is 76.6 Å². The van der Waals surface area contributed by atoms with Crippen LogP contribution in [0.2, 0.25) is 20.1 Å². The first-order valence-electron chi connectivity index (χ1n) is 31.0. The molecule has 9 heterocycles. The molecule has 4 fully saturated rings. The third-order valence-corrected chi connectivity index (χ3v) is 25.2. The fourth-order valence-corrected chi connectivity index (χ4v) is 19.2. The minimum Gasteiger partial charge on any atom is -0.378 e. The second kappa shape index (κ2) is 29.4. The number of para-hydroxylation sites is 1. The summed E-state index contributed by atoms with van der Waals surface area (Å²) >= 11 is 28.4. The maximum absolute atomic E-state index is 13.5. The summed E-state index contributed by atoms with van der Waals surface area (Å²) in [5.74, 6) is -0.621. The summed E-state index contributed by atoms with van der Waals surface area (Å²) in [5.41, 5.74) is 6.82. The molecule has 3 aromatic heterocycles. The number of fused-ring (bicyclic) bond motifs is 2. The van der Waals surface area contributed by atoms with Gasteiger partial charge in [-0.2, -0.15) is 0 Å². The zero-order valence-corrected chi connectivity index (χ0v) is 60.0. The molecule has 6 aliphatic rings. The Labute approximate surface area is 611 Å². The monoisotopic (exact) mass is 1540 g/mol. The van der Waals surface area contributed by atoms with Gasteiger partial charge in [0.15, 0.2) is 15.4 Å². The summed E-state index contributed by atoms with van der Waals surface area (Å²) in [5, 5.41) is 7.99. The van der Waals surface area contributed by atoms with Crippen LogP contribution in [-0.4, -0.2) is 133 Å². The van der Waals surface area contributed by atoms with Crippen molar-refractivity contribution < 1.29 is 57.7 Å². The molecule has 3 N–H and O–H groups in total. The summed E-state index contributed by atoms with van der Waals surface area (Å²) < 4.78 is 88.4. The maximum Gasteiger partial charge on any atom is 0.263 e. The predicted molar refractivity (Wildman–Crippen MR) is 400 cm³/mol. The Bertz CT molecular complexity index is 4850. The Kier molecular flexibility index (Phi) is 20.7. The molecular formula is C66H72Cl4N12O11S6. The van der Waals surface area contributed by atoms with Crippen molar-refractivity contribution >= 4 is 178 Å². The van der Waals surface area contributed by atoms with Gasteiger partial charge >= 0.3 is 0 Å². The highest BCUT2D eigenvalue weighted by Crippen LogP contribution is 2.41. The number of thiazole rings is 3. The average Bonchev–Trinajstić information content (AvgIpc) is 1.65. The van der Waals surface area contributed by atoms with E-state index in [0.717, 1.165) is 53.2 Å². The molecule has 6 aromatic carbocycles.